The second-order valence-corrected chi connectivity index (χ2v) is 6.47. The number of rotatable bonds is 3. The Hall–Kier alpha value is -0.381. The van der Waals surface area contributed by atoms with Crippen LogP contribution in [0.2, 0.25) is 0 Å². The van der Waals surface area contributed by atoms with Gasteiger partial charge in [-0.05, 0) is 0 Å². The van der Waals surface area contributed by atoms with Gasteiger partial charge in [-0.2, -0.15) is 0 Å². The maximum atomic E-state index is 8.96. The molecule has 0 fully saturated rings. The van der Waals surface area contributed by atoms with Crippen LogP contribution < -0.4 is 0 Å². The first kappa shape index (κ1) is 10.1. The Bertz CT molecular complexity index is 379. The van der Waals surface area contributed by atoms with Gasteiger partial charge in [0, 0.05) is 0 Å². The molecule has 14 heavy (non-hydrogen) atoms. The molecule has 0 amide bonds. The van der Waals surface area contributed by atoms with Crippen molar-refractivity contribution in [3.05, 3.63) is 33.6 Å². The van der Waals surface area contributed by atoms with Gasteiger partial charge in [-0.25, -0.2) is 0 Å². The Kier molecular flexibility index (Phi) is 3.21. The zero-order valence-electron chi connectivity index (χ0n) is 7.43. The molecule has 0 bridgehead atoms. The summed E-state index contributed by atoms with van der Waals surface area (Å²) in [5, 5.41) is 17.9. The van der Waals surface area contributed by atoms with Crippen molar-refractivity contribution < 1.29 is 10.2 Å². The van der Waals surface area contributed by atoms with Crippen LogP contribution in [0.5, 0.6) is 0 Å². The van der Waals surface area contributed by atoms with Crippen LogP contribution in [0.1, 0.15) is 9.31 Å². The summed E-state index contributed by atoms with van der Waals surface area (Å²) < 4.78 is 2.41. The summed E-state index contributed by atoms with van der Waals surface area (Å²) in [5.41, 5.74) is 0. The molecule has 0 radical (unpaired) electrons. The second kappa shape index (κ2) is 4.43. The molecule has 4 heteroatoms. The minimum atomic E-state index is 0.116. The molecule has 2 aromatic heterocycles. The Morgan fingerprint density at radius 2 is 1.93 bits per heavy atom. The third kappa shape index (κ3) is 2.00. The van der Waals surface area contributed by atoms with Crippen LogP contribution in [0.15, 0.2) is 24.3 Å². The van der Waals surface area contributed by atoms with E-state index in [9.17, 15) is 0 Å². The van der Waals surface area contributed by atoms with Crippen molar-refractivity contribution >= 4 is 25.8 Å². The van der Waals surface area contributed by atoms with E-state index in [-0.39, 0.29) is 27.7 Å². The van der Waals surface area contributed by atoms with E-state index in [1.54, 1.807) is 11.3 Å². The molecule has 74 valence electrons. The molecule has 2 aromatic rings. The number of aliphatic hydroxyl groups excluding tert-OH is 2. The number of hydrogen-bond donors (Lipinski definition) is 2. The summed E-state index contributed by atoms with van der Waals surface area (Å²) >= 11 is 1.90. The number of aliphatic hydroxyl groups is 2. The fraction of sp³-hybridized carbons (Fsp3) is 0.200. The van der Waals surface area contributed by atoms with Crippen molar-refractivity contribution in [2.45, 2.75) is 13.2 Å². The molecule has 2 N–H and O–H groups in total. The molecule has 0 aliphatic carbocycles. The first-order chi connectivity index (χ1) is 6.83. The van der Waals surface area contributed by atoms with E-state index in [1.807, 2.05) is 18.2 Å². The SMILES string of the molecule is OCc1ccc(-c2ccc(CO)[se]2)s1. The molecule has 0 aromatic carbocycles. The van der Waals surface area contributed by atoms with Gasteiger partial charge in [0.1, 0.15) is 0 Å². The fourth-order valence-corrected chi connectivity index (χ4v) is 4.11. The van der Waals surface area contributed by atoms with Gasteiger partial charge in [-0.3, -0.25) is 0 Å². The molecule has 0 saturated heterocycles. The zero-order valence-corrected chi connectivity index (χ0v) is 9.96. The van der Waals surface area contributed by atoms with E-state index in [4.69, 9.17) is 10.2 Å². The summed E-state index contributed by atoms with van der Waals surface area (Å²) in [6.07, 6.45) is 0. The van der Waals surface area contributed by atoms with E-state index >= 15 is 0 Å². The van der Waals surface area contributed by atoms with E-state index < -0.39 is 0 Å². The monoisotopic (exact) mass is 274 g/mol. The van der Waals surface area contributed by atoms with Crippen LogP contribution in [0.25, 0.3) is 9.31 Å². The quantitative estimate of drug-likeness (QED) is 0.831. The first-order valence-electron chi connectivity index (χ1n) is 4.23. The minimum absolute atomic E-state index is 0.116. The summed E-state index contributed by atoms with van der Waals surface area (Å²) in [5.74, 6) is 0. The Balaban J connectivity index is 2.29. The second-order valence-electron chi connectivity index (χ2n) is 2.85. The first-order valence-corrected chi connectivity index (χ1v) is 6.76. The van der Waals surface area contributed by atoms with Gasteiger partial charge in [-0.1, -0.05) is 0 Å². The van der Waals surface area contributed by atoms with Gasteiger partial charge in [0.2, 0.25) is 0 Å². The third-order valence-corrected chi connectivity index (χ3v) is 5.59. The Labute approximate surface area is 92.2 Å². The summed E-state index contributed by atoms with van der Waals surface area (Å²) in [6, 6.07) is 8.05. The molecule has 2 nitrogen and oxygen atoms in total. The summed E-state index contributed by atoms with van der Waals surface area (Å²) in [6.45, 7) is 0.281. The van der Waals surface area contributed by atoms with Crippen molar-refractivity contribution in [1.82, 2.24) is 0 Å². The number of thiophene rings is 1. The van der Waals surface area contributed by atoms with Gasteiger partial charge in [0.25, 0.3) is 0 Å². The van der Waals surface area contributed by atoms with Gasteiger partial charge in [0.15, 0.2) is 0 Å². The van der Waals surface area contributed by atoms with E-state index in [0.29, 0.717) is 0 Å². The van der Waals surface area contributed by atoms with Crippen LogP contribution in [-0.4, -0.2) is 24.7 Å². The summed E-state index contributed by atoms with van der Waals surface area (Å²) in [7, 11) is 0. The molecule has 2 heterocycles. The van der Waals surface area contributed by atoms with Crippen LogP contribution in [0, 0.1) is 0 Å². The van der Waals surface area contributed by atoms with Crippen LogP contribution in [0.4, 0.5) is 0 Å². The van der Waals surface area contributed by atoms with E-state index in [2.05, 4.69) is 6.07 Å². The van der Waals surface area contributed by atoms with Crippen molar-refractivity contribution in [3.8, 4) is 9.31 Å². The normalized spacial score (nSPS) is 10.7. The number of hydrogen-bond acceptors (Lipinski definition) is 3. The third-order valence-electron chi connectivity index (χ3n) is 1.88. The Morgan fingerprint density at radius 3 is 2.50 bits per heavy atom. The van der Waals surface area contributed by atoms with Gasteiger partial charge in [-0.15, -0.1) is 0 Å². The Morgan fingerprint density at radius 1 is 1.07 bits per heavy atom. The van der Waals surface area contributed by atoms with E-state index in [0.717, 1.165) is 9.31 Å². The average molecular weight is 273 g/mol. The average Bonchev–Trinajstić information content (AvgIpc) is 2.86. The van der Waals surface area contributed by atoms with Crippen molar-refractivity contribution in [3.63, 3.8) is 0 Å². The fourth-order valence-electron chi connectivity index (χ4n) is 1.19. The molecular weight excluding hydrogens is 263 g/mol. The van der Waals surface area contributed by atoms with Crippen molar-refractivity contribution in [1.29, 1.82) is 0 Å². The van der Waals surface area contributed by atoms with E-state index in [1.165, 1.54) is 9.31 Å². The van der Waals surface area contributed by atoms with Crippen LogP contribution in [0.3, 0.4) is 0 Å². The van der Waals surface area contributed by atoms with Gasteiger partial charge < -0.3 is 0 Å². The topological polar surface area (TPSA) is 40.5 Å². The molecule has 0 atom stereocenters. The molecule has 0 unspecified atom stereocenters. The van der Waals surface area contributed by atoms with Gasteiger partial charge >= 0.3 is 92.2 Å². The van der Waals surface area contributed by atoms with Gasteiger partial charge in [0.05, 0.1) is 0 Å². The predicted molar refractivity (Wildman–Crippen MR) is 58.5 cm³/mol. The summed E-state index contributed by atoms with van der Waals surface area (Å²) in [4.78, 5) is 2.21. The molecule has 2 rings (SSSR count). The standard InChI is InChI=1S/C10H10O2SSe/c11-5-7-1-3-9(13-7)10-4-2-8(6-12)14-10/h1-4,11-12H,5-6H2. The van der Waals surface area contributed by atoms with Crippen LogP contribution in [-0.2, 0) is 13.2 Å². The maximum absolute atomic E-state index is 8.96. The molecule has 0 spiro atoms. The van der Waals surface area contributed by atoms with Crippen molar-refractivity contribution in [2.24, 2.45) is 0 Å². The predicted octanol–water partition coefficient (Wildman–Crippen LogP) is 1.46. The molecular formula is C10H10O2SSe. The zero-order chi connectivity index (χ0) is 9.97. The molecule has 0 saturated carbocycles. The van der Waals surface area contributed by atoms with Crippen molar-refractivity contribution in [2.75, 3.05) is 0 Å². The molecule has 0 aliphatic heterocycles. The molecule has 0 aliphatic rings. The van der Waals surface area contributed by atoms with Crippen LogP contribution >= 0.6 is 11.3 Å².